The van der Waals surface area contributed by atoms with Crippen molar-refractivity contribution in [2.45, 2.75) is 12.8 Å². The molecule has 1 amide bonds. The number of likely N-dealkylation sites (tertiary alicyclic amines) is 1. The van der Waals surface area contributed by atoms with Crippen LogP contribution in [0, 0.1) is 5.92 Å². The minimum absolute atomic E-state index is 0.0644. The molecule has 4 rings (SSSR count). The van der Waals surface area contributed by atoms with Crippen LogP contribution in [0.3, 0.4) is 0 Å². The van der Waals surface area contributed by atoms with E-state index in [9.17, 15) is 9.00 Å². The highest BCUT2D eigenvalue weighted by atomic mass is 32.2. The number of ether oxygens (including phenoxy) is 1. The first kappa shape index (κ1) is 18.4. The minimum atomic E-state index is -1.57. The summed E-state index contributed by atoms with van der Waals surface area (Å²) >= 11 is -1.57. The van der Waals surface area contributed by atoms with Crippen LogP contribution in [-0.2, 0) is 11.2 Å². The van der Waals surface area contributed by atoms with E-state index < -0.39 is 11.2 Å². The van der Waals surface area contributed by atoms with Crippen molar-refractivity contribution in [1.82, 2.24) is 14.9 Å². The molecule has 1 unspecified atom stereocenters. The van der Waals surface area contributed by atoms with E-state index in [1.807, 2.05) is 17.0 Å². The molecule has 0 spiro atoms. The number of hydrogen-bond donors (Lipinski definition) is 2. The molecule has 2 atom stereocenters. The molecule has 1 saturated heterocycles. The van der Waals surface area contributed by atoms with Crippen molar-refractivity contribution in [3.63, 3.8) is 0 Å². The van der Waals surface area contributed by atoms with Gasteiger partial charge < -0.3 is 15.4 Å². The van der Waals surface area contributed by atoms with Crippen LogP contribution in [0.1, 0.15) is 28.8 Å². The largest absolute Gasteiger partial charge is 0.492 e. The summed E-state index contributed by atoms with van der Waals surface area (Å²) in [6.45, 7) is 1.76. The van der Waals surface area contributed by atoms with Gasteiger partial charge in [-0.3, -0.25) is 9.52 Å². The fourth-order valence-corrected chi connectivity index (χ4v) is 4.11. The van der Waals surface area contributed by atoms with E-state index in [1.54, 1.807) is 6.07 Å². The van der Waals surface area contributed by atoms with Gasteiger partial charge in [-0.1, -0.05) is 6.07 Å². The number of nitrogens with one attached hydrogen (secondary N) is 1. The highest BCUT2D eigenvalue weighted by Crippen LogP contribution is 2.30. The van der Waals surface area contributed by atoms with Gasteiger partial charge in [-0.15, -0.1) is 0 Å². The minimum Gasteiger partial charge on any atom is -0.492 e. The third-order valence-electron chi connectivity index (χ3n) is 4.75. The molecule has 0 bridgehead atoms. The van der Waals surface area contributed by atoms with Crippen molar-refractivity contribution in [3.8, 4) is 5.75 Å². The van der Waals surface area contributed by atoms with Gasteiger partial charge in [-0.2, -0.15) is 4.40 Å². The molecule has 146 valence electrons. The van der Waals surface area contributed by atoms with Crippen molar-refractivity contribution in [1.29, 1.82) is 0 Å². The van der Waals surface area contributed by atoms with Gasteiger partial charge in [0.1, 0.15) is 17.9 Å². The molecule has 10 heteroatoms. The number of hydrogen-bond acceptors (Lipinski definition) is 6. The van der Waals surface area contributed by atoms with E-state index in [0.29, 0.717) is 42.3 Å². The highest BCUT2D eigenvalue weighted by Gasteiger charge is 2.26. The Bertz CT molecular complexity index is 936. The Balaban J connectivity index is 1.43. The molecule has 1 fully saturated rings. The van der Waals surface area contributed by atoms with Crippen LogP contribution in [0.15, 0.2) is 41.3 Å². The van der Waals surface area contributed by atoms with Crippen LogP contribution >= 0.6 is 0 Å². The second-order valence-corrected chi connectivity index (χ2v) is 7.59. The summed E-state index contributed by atoms with van der Waals surface area (Å²) in [5.74, 6) is 0.905. The van der Waals surface area contributed by atoms with Gasteiger partial charge in [-0.05, 0) is 25.0 Å². The molecule has 28 heavy (non-hydrogen) atoms. The van der Waals surface area contributed by atoms with Gasteiger partial charge >= 0.3 is 0 Å². The number of piperidine rings is 1. The quantitative estimate of drug-likeness (QED) is 0.793. The monoisotopic (exact) mass is 400 g/mol. The van der Waals surface area contributed by atoms with Gasteiger partial charge in [-0.25, -0.2) is 14.2 Å². The van der Waals surface area contributed by atoms with Gasteiger partial charge in [0.05, 0.1) is 23.4 Å². The summed E-state index contributed by atoms with van der Waals surface area (Å²) in [5, 5.41) is 0. The average Bonchev–Trinajstić information content (AvgIpc) is 2.72. The van der Waals surface area contributed by atoms with Crippen LogP contribution in [0.2, 0.25) is 0 Å². The van der Waals surface area contributed by atoms with Gasteiger partial charge in [0.15, 0.2) is 0 Å². The molecule has 0 saturated carbocycles. The number of carbonyl (C=O) groups excluding carboxylic acids is 1. The SMILES string of the molecule is NC1=NS(=O)Nc2cccc(OC[C@H]3CCCN(C(=O)c4cncnc4)C3)c21. The molecule has 2 aliphatic rings. The second kappa shape index (κ2) is 7.93. The van der Waals surface area contributed by atoms with Crippen molar-refractivity contribution in [2.24, 2.45) is 16.0 Å². The Labute approximate surface area is 164 Å². The van der Waals surface area contributed by atoms with Gasteiger partial charge in [0.25, 0.3) is 5.91 Å². The molecule has 1 aromatic heterocycles. The molecule has 0 radical (unpaired) electrons. The first-order valence-corrected chi connectivity index (χ1v) is 10.1. The Kier molecular flexibility index (Phi) is 5.20. The predicted molar refractivity (Wildman–Crippen MR) is 105 cm³/mol. The lowest BCUT2D eigenvalue weighted by molar-refractivity contribution is 0.0632. The van der Waals surface area contributed by atoms with Crippen LogP contribution in [0.5, 0.6) is 5.75 Å². The van der Waals surface area contributed by atoms with Crippen LogP contribution in [-0.4, -0.2) is 50.5 Å². The fourth-order valence-electron chi connectivity index (χ4n) is 3.44. The van der Waals surface area contributed by atoms with Crippen molar-refractivity contribution >= 4 is 28.6 Å². The van der Waals surface area contributed by atoms with E-state index in [0.717, 1.165) is 12.8 Å². The Morgan fingerprint density at radius 2 is 2.18 bits per heavy atom. The molecule has 1 aromatic carbocycles. The molecule has 3 heterocycles. The van der Waals surface area contributed by atoms with Crippen LogP contribution < -0.4 is 15.2 Å². The summed E-state index contributed by atoms with van der Waals surface area (Å²) in [7, 11) is 0. The Hall–Kier alpha value is -3.01. The molecular formula is C18H20N6O3S. The van der Waals surface area contributed by atoms with E-state index >= 15 is 0 Å². The number of amidine groups is 1. The maximum atomic E-state index is 12.6. The molecule has 3 N–H and O–H groups in total. The zero-order chi connectivity index (χ0) is 19.5. The number of anilines is 1. The summed E-state index contributed by atoms with van der Waals surface area (Å²) < 4.78 is 24.3. The number of rotatable bonds is 4. The highest BCUT2D eigenvalue weighted by molar-refractivity contribution is 7.85. The molecular weight excluding hydrogens is 380 g/mol. The van der Waals surface area contributed by atoms with E-state index in [2.05, 4.69) is 19.1 Å². The van der Waals surface area contributed by atoms with Crippen molar-refractivity contribution < 1.29 is 13.7 Å². The normalized spacial score (nSPS) is 21.3. The van der Waals surface area contributed by atoms with Gasteiger partial charge in [0, 0.05) is 31.4 Å². The average molecular weight is 400 g/mol. The van der Waals surface area contributed by atoms with Crippen LogP contribution in [0.4, 0.5) is 5.69 Å². The maximum Gasteiger partial charge on any atom is 0.257 e. The second-order valence-electron chi connectivity index (χ2n) is 6.70. The first-order chi connectivity index (χ1) is 13.6. The predicted octanol–water partition coefficient (Wildman–Crippen LogP) is 1.12. The number of nitrogens with zero attached hydrogens (tertiary/aromatic N) is 4. The molecule has 2 aliphatic heterocycles. The van der Waals surface area contributed by atoms with E-state index in [4.69, 9.17) is 10.5 Å². The Morgan fingerprint density at radius 1 is 1.36 bits per heavy atom. The van der Waals surface area contributed by atoms with Crippen molar-refractivity contribution in [2.75, 3.05) is 24.4 Å². The standard InChI is InChI=1S/C18H20N6O3S/c19-17-16-14(22-28(26)23-17)4-1-5-15(16)27-10-12-3-2-6-24(9-12)18(25)13-7-20-11-21-8-13/h1,4-5,7-8,11-12,22H,2-3,6,9-10H2,(H2,19,23)/t12-,28?/m0/s1. The van der Waals surface area contributed by atoms with Crippen molar-refractivity contribution in [3.05, 3.63) is 48.0 Å². The third-order valence-corrected chi connectivity index (χ3v) is 5.51. The number of aromatic nitrogens is 2. The van der Waals surface area contributed by atoms with Crippen LogP contribution in [0.25, 0.3) is 0 Å². The maximum absolute atomic E-state index is 12.6. The summed E-state index contributed by atoms with van der Waals surface area (Å²) in [5.41, 5.74) is 7.68. The fraction of sp³-hybridized carbons (Fsp3) is 0.333. The lowest BCUT2D eigenvalue weighted by atomic mass is 9.98. The van der Waals surface area contributed by atoms with E-state index in [1.165, 1.54) is 18.7 Å². The topological polar surface area (TPSA) is 123 Å². The smallest absolute Gasteiger partial charge is 0.257 e. The van der Waals surface area contributed by atoms with Gasteiger partial charge in [0.2, 0.25) is 11.2 Å². The summed E-state index contributed by atoms with van der Waals surface area (Å²) in [6, 6.07) is 5.40. The zero-order valence-corrected chi connectivity index (χ0v) is 15.9. The Morgan fingerprint density at radius 3 is 3.00 bits per heavy atom. The molecule has 2 aromatic rings. The lowest BCUT2D eigenvalue weighted by Crippen LogP contribution is -2.41. The number of amides is 1. The summed E-state index contributed by atoms with van der Waals surface area (Å²) in [4.78, 5) is 22.3. The number of benzene rings is 1. The first-order valence-electron chi connectivity index (χ1n) is 8.95. The number of fused-ring (bicyclic) bond motifs is 1. The van der Waals surface area contributed by atoms with E-state index in [-0.39, 0.29) is 17.7 Å². The molecule has 0 aliphatic carbocycles. The zero-order valence-electron chi connectivity index (χ0n) is 15.1. The number of nitrogens with two attached hydrogens (primary N) is 1. The summed E-state index contributed by atoms with van der Waals surface area (Å²) in [6.07, 6.45) is 6.35. The number of carbonyl (C=O) groups is 1. The lowest BCUT2D eigenvalue weighted by Gasteiger charge is -2.32. The third kappa shape index (κ3) is 3.81. The molecule has 9 nitrogen and oxygen atoms in total.